The largest absolute Gasteiger partial charge is 0.330 e. The first-order valence-corrected chi connectivity index (χ1v) is 6.00. The monoisotopic (exact) mass is 287 g/mol. The summed E-state index contributed by atoms with van der Waals surface area (Å²) in [4.78, 5) is 11.8. The van der Waals surface area contributed by atoms with Gasteiger partial charge in [0.05, 0.1) is 0 Å². The Balaban J connectivity index is 2.72. The quantitative estimate of drug-likeness (QED) is 0.905. The van der Waals surface area contributed by atoms with Crippen LogP contribution in [0.5, 0.6) is 0 Å². The van der Waals surface area contributed by atoms with Crippen molar-refractivity contribution in [2.75, 3.05) is 6.54 Å². The molecule has 1 atom stereocenters. The number of hydrogen-bond acceptors (Lipinski definition) is 2. The Morgan fingerprint density at radius 2 is 2.25 bits per heavy atom. The molecule has 0 spiro atoms. The number of rotatable bonds is 5. The average molecular weight is 288 g/mol. The highest BCUT2D eigenvalue weighted by atomic mass is 79.9. The molecule has 2 N–H and O–H groups in total. The van der Waals surface area contributed by atoms with Crippen LogP contribution >= 0.6 is 15.9 Å². The van der Waals surface area contributed by atoms with Crippen LogP contribution in [0.25, 0.3) is 0 Å². The van der Waals surface area contributed by atoms with Crippen LogP contribution in [0.2, 0.25) is 0 Å². The minimum Gasteiger partial charge on any atom is -0.330 e. The lowest BCUT2D eigenvalue weighted by Gasteiger charge is -2.10. The van der Waals surface area contributed by atoms with Gasteiger partial charge in [-0.2, -0.15) is 0 Å². The minimum atomic E-state index is -0.322. The summed E-state index contributed by atoms with van der Waals surface area (Å²) in [6.07, 6.45) is 0.922. The van der Waals surface area contributed by atoms with Crippen LogP contribution in [-0.2, 0) is 11.2 Å². The Labute approximate surface area is 103 Å². The van der Waals surface area contributed by atoms with Crippen molar-refractivity contribution in [1.82, 2.24) is 0 Å². The van der Waals surface area contributed by atoms with Crippen LogP contribution in [0.3, 0.4) is 0 Å². The van der Waals surface area contributed by atoms with Crippen molar-refractivity contribution in [3.63, 3.8) is 0 Å². The molecule has 0 fully saturated rings. The molecular formula is C12H15BrFNO. The van der Waals surface area contributed by atoms with Gasteiger partial charge in [0.25, 0.3) is 0 Å². The van der Waals surface area contributed by atoms with E-state index in [1.54, 1.807) is 6.07 Å². The average Bonchev–Trinajstić information content (AvgIpc) is 2.23. The Bertz CT molecular complexity index is 381. The van der Waals surface area contributed by atoms with E-state index < -0.39 is 0 Å². The third kappa shape index (κ3) is 3.68. The Morgan fingerprint density at radius 3 is 2.88 bits per heavy atom. The number of benzene rings is 1. The van der Waals surface area contributed by atoms with E-state index >= 15 is 0 Å². The van der Waals surface area contributed by atoms with Gasteiger partial charge in [-0.05, 0) is 36.7 Å². The maximum absolute atomic E-state index is 13.0. The second-order valence-corrected chi connectivity index (χ2v) is 4.71. The van der Waals surface area contributed by atoms with E-state index in [0.29, 0.717) is 18.5 Å². The molecule has 1 unspecified atom stereocenters. The zero-order chi connectivity index (χ0) is 12.1. The lowest BCUT2D eigenvalue weighted by atomic mass is 9.97. The van der Waals surface area contributed by atoms with Crippen LogP contribution in [0.1, 0.15) is 18.9 Å². The molecule has 1 rings (SSSR count). The van der Waals surface area contributed by atoms with Gasteiger partial charge < -0.3 is 5.73 Å². The van der Waals surface area contributed by atoms with Crippen molar-refractivity contribution in [1.29, 1.82) is 0 Å². The summed E-state index contributed by atoms with van der Waals surface area (Å²) in [6.45, 7) is 2.35. The van der Waals surface area contributed by atoms with Crippen LogP contribution in [-0.4, -0.2) is 12.3 Å². The number of hydrogen-bond donors (Lipinski definition) is 1. The molecule has 0 radical (unpaired) electrons. The molecule has 0 amide bonds. The number of carbonyl (C=O) groups excluding carboxylic acids is 1. The topological polar surface area (TPSA) is 43.1 Å². The summed E-state index contributed by atoms with van der Waals surface area (Å²) >= 11 is 3.30. The van der Waals surface area contributed by atoms with Crippen molar-refractivity contribution in [3.8, 4) is 0 Å². The van der Waals surface area contributed by atoms with Crippen LogP contribution < -0.4 is 5.73 Å². The van der Waals surface area contributed by atoms with Gasteiger partial charge in [-0.25, -0.2) is 4.39 Å². The third-order valence-electron chi connectivity index (χ3n) is 2.52. The molecule has 0 aliphatic carbocycles. The molecule has 88 valence electrons. The van der Waals surface area contributed by atoms with Crippen molar-refractivity contribution >= 4 is 21.7 Å². The molecule has 0 bridgehead atoms. The van der Waals surface area contributed by atoms with Crippen molar-refractivity contribution in [2.24, 2.45) is 11.7 Å². The number of carbonyl (C=O) groups is 1. The predicted octanol–water partition coefficient (Wildman–Crippen LogP) is 2.68. The van der Waals surface area contributed by atoms with Gasteiger partial charge in [-0.1, -0.05) is 22.9 Å². The third-order valence-corrected chi connectivity index (χ3v) is 3.30. The van der Waals surface area contributed by atoms with Crippen LogP contribution in [0, 0.1) is 11.7 Å². The summed E-state index contributed by atoms with van der Waals surface area (Å²) in [5.41, 5.74) is 6.08. The molecule has 0 saturated heterocycles. The maximum Gasteiger partial charge on any atom is 0.140 e. The summed E-state index contributed by atoms with van der Waals surface area (Å²) < 4.78 is 13.8. The zero-order valence-electron chi connectivity index (χ0n) is 9.17. The van der Waals surface area contributed by atoms with Crippen molar-refractivity contribution in [3.05, 3.63) is 34.1 Å². The fourth-order valence-corrected chi connectivity index (χ4v) is 1.84. The fraction of sp³-hybridized carbons (Fsp3) is 0.417. The first-order chi connectivity index (χ1) is 7.54. The molecule has 0 aromatic heterocycles. The molecule has 16 heavy (non-hydrogen) atoms. The highest BCUT2D eigenvalue weighted by molar-refractivity contribution is 9.10. The van der Waals surface area contributed by atoms with Crippen molar-refractivity contribution in [2.45, 2.75) is 19.8 Å². The van der Waals surface area contributed by atoms with Gasteiger partial charge >= 0.3 is 0 Å². The van der Waals surface area contributed by atoms with E-state index in [-0.39, 0.29) is 23.9 Å². The minimum absolute atomic E-state index is 0.0693. The lowest BCUT2D eigenvalue weighted by molar-refractivity contribution is -0.121. The molecule has 0 aliphatic heterocycles. The second kappa shape index (κ2) is 6.11. The van der Waals surface area contributed by atoms with E-state index in [2.05, 4.69) is 15.9 Å². The highest BCUT2D eigenvalue weighted by Gasteiger charge is 2.14. The van der Waals surface area contributed by atoms with E-state index in [0.717, 1.165) is 4.47 Å². The van der Waals surface area contributed by atoms with Gasteiger partial charge in [0, 0.05) is 16.8 Å². The smallest absolute Gasteiger partial charge is 0.140 e. The summed E-state index contributed by atoms with van der Waals surface area (Å²) in [6, 6.07) is 4.37. The molecule has 0 aliphatic rings. The van der Waals surface area contributed by atoms with Gasteiger partial charge in [0.2, 0.25) is 0 Å². The summed E-state index contributed by atoms with van der Waals surface area (Å²) in [5.74, 6) is -0.297. The zero-order valence-corrected chi connectivity index (χ0v) is 10.8. The van der Waals surface area contributed by atoms with E-state index in [1.165, 1.54) is 12.1 Å². The molecule has 1 aromatic carbocycles. The Hall–Kier alpha value is -0.740. The SMILES string of the molecule is CC(CCN)C(=O)Cc1cc(F)ccc1Br. The molecule has 1 aromatic rings. The standard InChI is InChI=1S/C12H15BrFNO/c1-8(4-5-15)12(16)7-9-6-10(14)2-3-11(9)13/h2-3,6,8H,4-5,7,15H2,1H3. The second-order valence-electron chi connectivity index (χ2n) is 3.86. The summed E-state index contributed by atoms with van der Waals surface area (Å²) in [5, 5.41) is 0. The van der Waals surface area contributed by atoms with E-state index in [4.69, 9.17) is 5.73 Å². The van der Waals surface area contributed by atoms with Gasteiger partial charge in [-0.15, -0.1) is 0 Å². The first-order valence-electron chi connectivity index (χ1n) is 5.21. The fourth-order valence-electron chi connectivity index (χ4n) is 1.45. The number of Topliss-reactive ketones (excluding diaryl/α,β-unsaturated/α-hetero) is 1. The molecule has 2 nitrogen and oxygen atoms in total. The molecule has 0 saturated carbocycles. The van der Waals surface area contributed by atoms with E-state index in [1.807, 2.05) is 6.92 Å². The van der Waals surface area contributed by atoms with Gasteiger partial charge in [0.1, 0.15) is 11.6 Å². The molecule has 4 heteroatoms. The molecular weight excluding hydrogens is 273 g/mol. The highest BCUT2D eigenvalue weighted by Crippen LogP contribution is 2.20. The van der Waals surface area contributed by atoms with Crippen LogP contribution in [0.4, 0.5) is 4.39 Å². The first kappa shape index (κ1) is 13.3. The maximum atomic E-state index is 13.0. The van der Waals surface area contributed by atoms with Gasteiger partial charge in [-0.3, -0.25) is 4.79 Å². The summed E-state index contributed by atoms with van der Waals surface area (Å²) in [7, 11) is 0. The van der Waals surface area contributed by atoms with Crippen molar-refractivity contribution < 1.29 is 9.18 Å². The molecule has 0 heterocycles. The van der Waals surface area contributed by atoms with Crippen LogP contribution in [0.15, 0.2) is 22.7 Å². The Morgan fingerprint density at radius 1 is 1.56 bits per heavy atom. The number of halogens is 2. The predicted molar refractivity (Wildman–Crippen MR) is 65.6 cm³/mol. The number of nitrogens with two attached hydrogens (primary N) is 1. The Kier molecular flexibility index (Phi) is 5.09. The van der Waals surface area contributed by atoms with E-state index in [9.17, 15) is 9.18 Å². The van der Waals surface area contributed by atoms with Gasteiger partial charge in [0.15, 0.2) is 0 Å². The number of ketones is 1. The lowest BCUT2D eigenvalue weighted by Crippen LogP contribution is -2.17. The normalized spacial score (nSPS) is 12.5.